The molecule has 0 saturated carbocycles. The molecule has 1 rings (SSSR count). The summed E-state index contributed by atoms with van der Waals surface area (Å²) in [5, 5.41) is 14.9. The van der Waals surface area contributed by atoms with Crippen molar-refractivity contribution in [1.29, 1.82) is 0 Å². The number of rotatable bonds is 7. The minimum Gasteiger partial charge on any atom is -0.478 e. The van der Waals surface area contributed by atoms with Crippen molar-refractivity contribution in [3.05, 3.63) is 11.6 Å². The predicted molar refractivity (Wildman–Crippen MR) is 91.4 cm³/mol. The van der Waals surface area contributed by atoms with Crippen LogP contribution in [0.3, 0.4) is 0 Å². The first-order valence-electron chi connectivity index (χ1n) is 8.39. The number of nitrogens with one attached hydrogen (secondary N) is 2. The fraction of sp³-hybridized carbons (Fsp3) is 0.706. The molecule has 1 aliphatic rings. The molecular formula is C17H29N3O4. The van der Waals surface area contributed by atoms with Crippen LogP contribution in [-0.2, 0) is 14.4 Å². The lowest BCUT2D eigenvalue weighted by atomic mass is 9.97. The van der Waals surface area contributed by atoms with Crippen molar-refractivity contribution in [3.63, 3.8) is 0 Å². The first-order chi connectivity index (χ1) is 11.2. The summed E-state index contributed by atoms with van der Waals surface area (Å²) in [5.41, 5.74) is 0.201. The van der Waals surface area contributed by atoms with Crippen LogP contribution < -0.4 is 10.6 Å². The highest BCUT2D eigenvalue weighted by atomic mass is 16.4. The number of carbonyl (C=O) groups excluding carboxylic acids is 2. The molecule has 0 bridgehead atoms. The molecule has 3 N–H and O–H groups in total. The van der Waals surface area contributed by atoms with E-state index in [2.05, 4.69) is 10.6 Å². The molecule has 1 fully saturated rings. The molecule has 7 nitrogen and oxygen atoms in total. The van der Waals surface area contributed by atoms with E-state index in [9.17, 15) is 14.4 Å². The topological polar surface area (TPSA) is 98.7 Å². The van der Waals surface area contributed by atoms with E-state index in [4.69, 9.17) is 5.11 Å². The van der Waals surface area contributed by atoms with Crippen molar-refractivity contribution in [2.24, 2.45) is 11.8 Å². The van der Waals surface area contributed by atoms with Gasteiger partial charge in [0.1, 0.15) is 0 Å². The van der Waals surface area contributed by atoms with Gasteiger partial charge in [-0.3, -0.25) is 9.59 Å². The van der Waals surface area contributed by atoms with Crippen LogP contribution in [0.4, 0.5) is 0 Å². The highest BCUT2D eigenvalue weighted by Gasteiger charge is 2.25. The Bertz CT molecular complexity index is 496. The molecule has 0 aromatic rings. The number of likely N-dealkylation sites (N-methyl/N-ethyl adjacent to an activating group) is 1. The Kier molecular flexibility index (Phi) is 7.91. The number of amides is 2. The predicted octanol–water partition coefficient (Wildman–Crippen LogP) is 0.616. The van der Waals surface area contributed by atoms with Crippen LogP contribution in [0.5, 0.6) is 0 Å². The van der Waals surface area contributed by atoms with Crippen molar-refractivity contribution in [3.8, 4) is 0 Å². The number of aliphatic carboxylic acids is 1. The summed E-state index contributed by atoms with van der Waals surface area (Å²) in [6, 6.07) is -0.329. The molecule has 1 aliphatic heterocycles. The summed E-state index contributed by atoms with van der Waals surface area (Å²) < 4.78 is 0. The maximum atomic E-state index is 12.3. The van der Waals surface area contributed by atoms with Crippen LogP contribution in [0.15, 0.2) is 11.6 Å². The third-order valence-corrected chi connectivity index (χ3v) is 4.41. The fourth-order valence-corrected chi connectivity index (χ4v) is 2.76. The second kappa shape index (κ2) is 9.42. The smallest absolute Gasteiger partial charge is 0.331 e. The van der Waals surface area contributed by atoms with Crippen LogP contribution in [0.25, 0.3) is 0 Å². The van der Waals surface area contributed by atoms with E-state index in [1.165, 1.54) is 11.8 Å². The number of hydrogen-bond acceptors (Lipinski definition) is 4. The van der Waals surface area contributed by atoms with Crippen molar-refractivity contribution in [1.82, 2.24) is 15.5 Å². The van der Waals surface area contributed by atoms with Gasteiger partial charge in [-0.1, -0.05) is 19.9 Å². The van der Waals surface area contributed by atoms with Crippen LogP contribution in [0.2, 0.25) is 0 Å². The first-order valence-corrected chi connectivity index (χ1v) is 8.39. The SMILES string of the molecule is C/C(=C\[C@H](C(C)C)N(C)C(=O)CNC(=O)C1CCNCC1)C(=O)O. The Morgan fingerprint density at radius 2 is 1.88 bits per heavy atom. The third-order valence-electron chi connectivity index (χ3n) is 4.41. The maximum Gasteiger partial charge on any atom is 0.331 e. The zero-order valence-corrected chi connectivity index (χ0v) is 15.0. The number of carboxylic acids is 1. The Balaban J connectivity index is 2.61. The Labute approximate surface area is 143 Å². The molecule has 0 aliphatic carbocycles. The summed E-state index contributed by atoms with van der Waals surface area (Å²) in [6.07, 6.45) is 3.15. The van der Waals surface area contributed by atoms with Gasteiger partial charge in [0.05, 0.1) is 12.6 Å². The Hall–Kier alpha value is -1.89. The van der Waals surface area contributed by atoms with E-state index in [1.54, 1.807) is 13.1 Å². The minimum atomic E-state index is -0.999. The van der Waals surface area contributed by atoms with Crippen molar-refractivity contribution >= 4 is 17.8 Å². The molecule has 7 heteroatoms. The maximum absolute atomic E-state index is 12.3. The lowest BCUT2D eigenvalue weighted by molar-refractivity contribution is -0.135. The highest BCUT2D eigenvalue weighted by molar-refractivity contribution is 5.87. The molecule has 0 aromatic carbocycles. The normalized spacial score (nSPS) is 17.5. The highest BCUT2D eigenvalue weighted by Crippen LogP contribution is 2.14. The molecule has 0 aromatic heterocycles. The van der Waals surface area contributed by atoms with Crippen LogP contribution in [0, 0.1) is 11.8 Å². The second-order valence-corrected chi connectivity index (χ2v) is 6.64. The molecule has 1 atom stereocenters. The van der Waals surface area contributed by atoms with Crippen molar-refractivity contribution in [2.45, 2.75) is 39.7 Å². The van der Waals surface area contributed by atoms with Gasteiger partial charge in [-0.25, -0.2) is 4.79 Å². The Morgan fingerprint density at radius 3 is 2.38 bits per heavy atom. The molecule has 0 unspecified atom stereocenters. The quantitative estimate of drug-likeness (QED) is 0.591. The molecule has 2 amide bonds. The number of carboxylic acid groups (broad SMARTS) is 1. The summed E-state index contributed by atoms with van der Waals surface area (Å²) in [4.78, 5) is 37.0. The Morgan fingerprint density at radius 1 is 1.29 bits per heavy atom. The minimum absolute atomic E-state index is 0.0422. The fourth-order valence-electron chi connectivity index (χ4n) is 2.76. The number of nitrogens with zero attached hydrogens (tertiary/aromatic N) is 1. The zero-order chi connectivity index (χ0) is 18.3. The van der Waals surface area contributed by atoms with Gasteiger partial charge in [0.15, 0.2) is 0 Å². The molecule has 24 heavy (non-hydrogen) atoms. The van der Waals surface area contributed by atoms with Crippen LogP contribution in [-0.4, -0.2) is 60.5 Å². The first kappa shape index (κ1) is 20.2. The average Bonchev–Trinajstić information content (AvgIpc) is 2.56. The van der Waals surface area contributed by atoms with E-state index in [-0.39, 0.29) is 41.8 Å². The van der Waals surface area contributed by atoms with Crippen LogP contribution in [0.1, 0.15) is 33.6 Å². The summed E-state index contributed by atoms with van der Waals surface area (Å²) in [6.45, 7) is 6.93. The van der Waals surface area contributed by atoms with Gasteiger partial charge in [-0.15, -0.1) is 0 Å². The van der Waals surface area contributed by atoms with Crippen LogP contribution >= 0.6 is 0 Å². The van der Waals surface area contributed by atoms with Crippen molar-refractivity contribution in [2.75, 3.05) is 26.7 Å². The van der Waals surface area contributed by atoms with E-state index < -0.39 is 5.97 Å². The molecule has 1 saturated heterocycles. The van der Waals surface area contributed by atoms with Gasteiger partial charge < -0.3 is 20.6 Å². The monoisotopic (exact) mass is 339 g/mol. The summed E-state index contributed by atoms with van der Waals surface area (Å²) in [5.74, 6) is -1.30. The van der Waals surface area contributed by atoms with E-state index in [0.29, 0.717) is 0 Å². The third kappa shape index (κ3) is 5.96. The molecule has 1 heterocycles. The summed E-state index contributed by atoms with van der Waals surface area (Å²) in [7, 11) is 1.63. The van der Waals surface area contributed by atoms with Gasteiger partial charge in [0.2, 0.25) is 11.8 Å². The molecular weight excluding hydrogens is 310 g/mol. The standard InChI is InChI=1S/C17H29N3O4/c1-11(2)14(9-12(3)17(23)24)20(4)15(21)10-19-16(22)13-5-7-18-8-6-13/h9,11,13-14,18H,5-8,10H2,1-4H3,(H,19,22)(H,23,24)/b12-9+/t14-/m1/s1. The number of carbonyl (C=O) groups is 3. The van der Waals surface area contributed by atoms with Gasteiger partial charge in [0, 0.05) is 18.5 Å². The van der Waals surface area contributed by atoms with E-state index >= 15 is 0 Å². The zero-order valence-electron chi connectivity index (χ0n) is 15.0. The lowest BCUT2D eigenvalue weighted by Crippen LogP contribution is -2.46. The molecule has 0 radical (unpaired) electrons. The molecule has 0 spiro atoms. The summed E-state index contributed by atoms with van der Waals surface area (Å²) >= 11 is 0. The van der Waals surface area contributed by atoms with E-state index in [0.717, 1.165) is 25.9 Å². The number of hydrogen-bond donors (Lipinski definition) is 3. The van der Waals surface area contributed by atoms with Gasteiger partial charge >= 0.3 is 5.97 Å². The average molecular weight is 339 g/mol. The van der Waals surface area contributed by atoms with Crippen molar-refractivity contribution < 1.29 is 19.5 Å². The largest absolute Gasteiger partial charge is 0.478 e. The molecule has 136 valence electrons. The van der Waals surface area contributed by atoms with Gasteiger partial charge in [-0.2, -0.15) is 0 Å². The lowest BCUT2D eigenvalue weighted by Gasteiger charge is -2.30. The second-order valence-electron chi connectivity index (χ2n) is 6.64. The van der Waals surface area contributed by atoms with E-state index in [1.807, 2.05) is 13.8 Å². The van der Waals surface area contributed by atoms with Gasteiger partial charge in [0.25, 0.3) is 0 Å². The van der Waals surface area contributed by atoms with Gasteiger partial charge in [-0.05, 0) is 38.8 Å². The number of piperidine rings is 1.